The topological polar surface area (TPSA) is 57.7 Å². The zero-order valence-corrected chi connectivity index (χ0v) is 16.8. The second-order valence-corrected chi connectivity index (χ2v) is 8.03. The maximum absolute atomic E-state index is 12.8. The van der Waals surface area contributed by atoms with E-state index in [0.717, 1.165) is 10.4 Å². The van der Waals surface area contributed by atoms with Crippen LogP contribution in [0.2, 0.25) is 0 Å². The quantitative estimate of drug-likeness (QED) is 0.586. The first-order chi connectivity index (χ1) is 14.0. The Balaban J connectivity index is 1.49. The Kier molecular flexibility index (Phi) is 5.27. The normalized spacial score (nSPS) is 12.9. The summed E-state index contributed by atoms with van der Waals surface area (Å²) in [5, 5.41) is 1.97. The summed E-state index contributed by atoms with van der Waals surface area (Å²) in [6.45, 7) is 0.821. The van der Waals surface area contributed by atoms with Gasteiger partial charge in [0.05, 0.1) is 17.7 Å². The van der Waals surface area contributed by atoms with Gasteiger partial charge in [-0.2, -0.15) is 0 Å². The molecule has 0 saturated carbocycles. The summed E-state index contributed by atoms with van der Waals surface area (Å²) in [4.78, 5) is 42.2. The van der Waals surface area contributed by atoms with Gasteiger partial charge in [-0.1, -0.05) is 36.4 Å². The fourth-order valence-corrected chi connectivity index (χ4v) is 4.20. The largest absolute Gasteiger partial charge is 0.337 e. The molecule has 0 aliphatic carbocycles. The number of carbonyl (C=O) groups excluding carboxylic acids is 3. The second kappa shape index (κ2) is 8.01. The van der Waals surface area contributed by atoms with E-state index in [4.69, 9.17) is 0 Å². The SMILES string of the molecule is CN(Cc1cccs1)C(=O)c1ccc2c(c1)C(=O)N(CCc1ccccc1)C2=O. The highest BCUT2D eigenvalue weighted by molar-refractivity contribution is 7.09. The average molecular weight is 404 g/mol. The summed E-state index contributed by atoms with van der Waals surface area (Å²) in [6.07, 6.45) is 0.599. The summed E-state index contributed by atoms with van der Waals surface area (Å²) in [6, 6.07) is 18.4. The first-order valence-electron chi connectivity index (χ1n) is 9.36. The third kappa shape index (κ3) is 3.84. The number of thiophene rings is 1. The zero-order valence-electron chi connectivity index (χ0n) is 16.0. The van der Waals surface area contributed by atoms with Crippen molar-refractivity contribution in [2.45, 2.75) is 13.0 Å². The number of imide groups is 1. The molecule has 0 saturated heterocycles. The smallest absolute Gasteiger partial charge is 0.261 e. The Hall–Kier alpha value is -3.25. The first kappa shape index (κ1) is 19.1. The van der Waals surface area contributed by atoms with Crippen LogP contribution in [0.1, 0.15) is 41.5 Å². The van der Waals surface area contributed by atoms with Crippen LogP contribution in [-0.2, 0) is 13.0 Å². The summed E-state index contributed by atoms with van der Waals surface area (Å²) < 4.78 is 0. The number of fused-ring (bicyclic) bond motifs is 1. The summed E-state index contributed by atoms with van der Waals surface area (Å²) >= 11 is 1.59. The summed E-state index contributed by atoms with van der Waals surface area (Å²) in [7, 11) is 1.73. The van der Waals surface area contributed by atoms with Crippen molar-refractivity contribution in [1.29, 1.82) is 0 Å². The minimum Gasteiger partial charge on any atom is -0.337 e. The highest BCUT2D eigenvalue weighted by Gasteiger charge is 2.35. The predicted molar refractivity (Wildman–Crippen MR) is 112 cm³/mol. The van der Waals surface area contributed by atoms with Gasteiger partial charge >= 0.3 is 0 Å². The van der Waals surface area contributed by atoms with E-state index in [9.17, 15) is 14.4 Å². The third-order valence-electron chi connectivity index (χ3n) is 5.00. The molecule has 2 heterocycles. The monoisotopic (exact) mass is 404 g/mol. The lowest BCUT2D eigenvalue weighted by Crippen LogP contribution is -2.31. The fraction of sp³-hybridized carbons (Fsp3) is 0.174. The molecule has 3 amide bonds. The number of carbonyl (C=O) groups is 3. The minimum absolute atomic E-state index is 0.177. The molecular formula is C23H20N2O3S. The van der Waals surface area contributed by atoms with Crippen LogP contribution in [0.5, 0.6) is 0 Å². The van der Waals surface area contributed by atoms with Crippen LogP contribution >= 0.6 is 11.3 Å². The average Bonchev–Trinajstić information content (AvgIpc) is 3.33. The molecule has 0 unspecified atom stereocenters. The van der Waals surface area contributed by atoms with Gasteiger partial charge in [0.25, 0.3) is 17.7 Å². The third-order valence-corrected chi connectivity index (χ3v) is 5.87. The number of hydrogen-bond acceptors (Lipinski definition) is 4. The van der Waals surface area contributed by atoms with Gasteiger partial charge in [-0.05, 0) is 41.6 Å². The maximum Gasteiger partial charge on any atom is 0.261 e. The molecule has 3 aromatic rings. The lowest BCUT2D eigenvalue weighted by molar-refractivity contribution is 0.0655. The van der Waals surface area contributed by atoms with Crippen molar-refractivity contribution in [3.63, 3.8) is 0 Å². The number of benzene rings is 2. The molecule has 1 aromatic heterocycles. The first-order valence-corrected chi connectivity index (χ1v) is 10.2. The highest BCUT2D eigenvalue weighted by Crippen LogP contribution is 2.25. The number of amides is 3. The molecule has 6 heteroatoms. The van der Waals surface area contributed by atoms with Gasteiger partial charge in [0, 0.05) is 24.0 Å². The molecule has 5 nitrogen and oxygen atoms in total. The van der Waals surface area contributed by atoms with Crippen LogP contribution in [0.15, 0.2) is 66.0 Å². The Bertz CT molecular complexity index is 1060. The van der Waals surface area contributed by atoms with Gasteiger partial charge in [-0.25, -0.2) is 0 Å². The van der Waals surface area contributed by atoms with Crippen molar-refractivity contribution in [3.05, 3.63) is 93.2 Å². The molecule has 146 valence electrons. The van der Waals surface area contributed by atoms with Gasteiger partial charge in [0.2, 0.25) is 0 Å². The number of nitrogens with zero attached hydrogens (tertiary/aromatic N) is 2. The molecule has 0 N–H and O–H groups in total. The van der Waals surface area contributed by atoms with Crippen molar-refractivity contribution in [3.8, 4) is 0 Å². The molecule has 2 aromatic carbocycles. The van der Waals surface area contributed by atoms with Crippen molar-refractivity contribution in [1.82, 2.24) is 9.80 Å². The van der Waals surface area contributed by atoms with Gasteiger partial charge < -0.3 is 4.90 Å². The van der Waals surface area contributed by atoms with Crippen LogP contribution in [0.4, 0.5) is 0 Å². The molecule has 1 aliphatic rings. The molecule has 1 aliphatic heterocycles. The number of rotatable bonds is 6. The van der Waals surface area contributed by atoms with Crippen LogP contribution in [-0.4, -0.2) is 41.1 Å². The standard InChI is InChI=1S/C23H20N2O3S/c1-24(15-18-8-5-13-29-18)21(26)17-9-10-19-20(14-17)23(28)25(22(19)27)12-11-16-6-3-2-4-7-16/h2-10,13-14H,11-12,15H2,1H3. The zero-order chi connectivity index (χ0) is 20.4. The molecular weight excluding hydrogens is 384 g/mol. The Labute approximate surface area is 173 Å². The van der Waals surface area contributed by atoms with Crippen LogP contribution in [0.3, 0.4) is 0 Å². The Morgan fingerprint density at radius 1 is 0.966 bits per heavy atom. The lowest BCUT2D eigenvalue weighted by Gasteiger charge is -2.16. The van der Waals surface area contributed by atoms with E-state index in [1.54, 1.807) is 41.5 Å². The maximum atomic E-state index is 12.8. The molecule has 0 bridgehead atoms. The van der Waals surface area contributed by atoms with Gasteiger partial charge in [-0.3, -0.25) is 19.3 Å². The van der Waals surface area contributed by atoms with E-state index in [0.29, 0.717) is 36.2 Å². The van der Waals surface area contributed by atoms with E-state index < -0.39 is 0 Å². The van der Waals surface area contributed by atoms with E-state index in [2.05, 4.69) is 0 Å². The summed E-state index contributed by atoms with van der Waals surface area (Å²) in [5.74, 6) is -0.812. The number of hydrogen-bond donors (Lipinski definition) is 0. The molecule has 4 rings (SSSR count). The molecule has 0 radical (unpaired) electrons. The van der Waals surface area contributed by atoms with Crippen molar-refractivity contribution >= 4 is 29.1 Å². The molecule has 0 atom stereocenters. The van der Waals surface area contributed by atoms with Crippen LogP contribution < -0.4 is 0 Å². The van der Waals surface area contributed by atoms with Crippen LogP contribution in [0.25, 0.3) is 0 Å². The van der Waals surface area contributed by atoms with Crippen molar-refractivity contribution < 1.29 is 14.4 Å². The minimum atomic E-state index is -0.337. The van der Waals surface area contributed by atoms with Crippen LogP contribution in [0, 0.1) is 0 Å². The van der Waals surface area contributed by atoms with E-state index in [1.165, 1.54) is 4.90 Å². The lowest BCUT2D eigenvalue weighted by atomic mass is 10.0. The van der Waals surface area contributed by atoms with Gasteiger partial charge in [0.15, 0.2) is 0 Å². The van der Waals surface area contributed by atoms with E-state index >= 15 is 0 Å². The molecule has 29 heavy (non-hydrogen) atoms. The molecule has 0 fully saturated rings. The van der Waals surface area contributed by atoms with Gasteiger partial charge in [0.1, 0.15) is 0 Å². The highest BCUT2D eigenvalue weighted by atomic mass is 32.1. The predicted octanol–water partition coefficient (Wildman–Crippen LogP) is 3.86. The van der Waals surface area contributed by atoms with E-state index in [-0.39, 0.29) is 17.7 Å². The fourth-order valence-electron chi connectivity index (χ4n) is 3.44. The van der Waals surface area contributed by atoms with Crippen molar-refractivity contribution in [2.24, 2.45) is 0 Å². The summed E-state index contributed by atoms with van der Waals surface area (Å²) in [5.41, 5.74) is 2.14. The van der Waals surface area contributed by atoms with Crippen molar-refractivity contribution in [2.75, 3.05) is 13.6 Å². The molecule has 0 spiro atoms. The Morgan fingerprint density at radius 2 is 1.72 bits per heavy atom. The van der Waals surface area contributed by atoms with E-state index in [1.807, 2.05) is 47.8 Å². The van der Waals surface area contributed by atoms with Gasteiger partial charge in [-0.15, -0.1) is 11.3 Å². The Morgan fingerprint density at radius 3 is 2.45 bits per heavy atom. The second-order valence-electron chi connectivity index (χ2n) is 7.00.